The topological polar surface area (TPSA) is 137 Å². The summed E-state index contributed by atoms with van der Waals surface area (Å²) in [4.78, 5) is 28.0. The highest BCUT2D eigenvalue weighted by molar-refractivity contribution is 7.87. The van der Waals surface area contributed by atoms with Crippen molar-refractivity contribution in [2.45, 2.75) is 44.6 Å². The van der Waals surface area contributed by atoms with Gasteiger partial charge in [0.15, 0.2) is 0 Å². The van der Waals surface area contributed by atoms with Crippen molar-refractivity contribution in [1.82, 2.24) is 14.4 Å². The van der Waals surface area contributed by atoms with Gasteiger partial charge in [0.25, 0.3) is 16.1 Å². The van der Waals surface area contributed by atoms with Gasteiger partial charge in [-0.15, -0.1) is 0 Å². The van der Waals surface area contributed by atoms with E-state index in [0.717, 1.165) is 32.1 Å². The Morgan fingerprint density at radius 3 is 2.26 bits per heavy atom. The Bertz CT molecular complexity index is 1100. The molecule has 9 nitrogen and oxygen atoms in total. The maximum Gasteiger partial charge on any atom is 0.322 e. The lowest BCUT2D eigenvalue weighted by Crippen LogP contribution is -2.48. The lowest BCUT2D eigenvalue weighted by atomic mass is 9.90. The van der Waals surface area contributed by atoms with E-state index in [1.165, 1.54) is 12.4 Å². The van der Waals surface area contributed by atoms with Crippen molar-refractivity contribution in [3.05, 3.63) is 57.8 Å². The molecule has 1 fully saturated rings. The smallest absolute Gasteiger partial charge is 0.322 e. The summed E-state index contributed by atoms with van der Waals surface area (Å²) in [6.07, 6.45) is 7.80. The van der Waals surface area contributed by atoms with E-state index in [1.54, 1.807) is 24.3 Å². The molecular formula is C22H26Cl2N4O5S. The fourth-order valence-electron chi connectivity index (χ4n) is 3.81. The summed E-state index contributed by atoms with van der Waals surface area (Å²) in [6, 6.07) is 5.00. The summed E-state index contributed by atoms with van der Waals surface area (Å²) in [5.41, 5.74) is 1.09. The minimum atomic E-state index is -3.98. The van der Waals surface area contributed by atoms with E-state index in [9.17, 15) is 23.1 Å². The second-order valence-electron chi connectivity index (χ2n) is 8.20. The van der Waals surface area contributed by atoms with Crippen LogP contribution in [-0.2, 0) is 21.4 Å². The van der Waals surface area contributed by atoms with Gasteiger partial charge < -0.3 is 10.4 Å². The van der Waals surface area contributed by atoms with Crippen molar-refractivity contribution >= 4 is 51.0 Å². The van der Waals surface area contributed by atoms with E-state index < -0.39 is 28.1 Å². The number of amides is 1. The van der Waals surface area contributed by atoms with Crippen LogP contribution in [0.3, 0.4) is 0 Å². The number of halogens is 2. The quantitative estimate of drug-likeness (QED) is 0.371. The van der Waals surface area contributed by atoms with E-state index in [1.807, 2.05) is 0 Å². The van der Waals surface area contributed by atoms with Crippen molar-refractivity contribution in [3.63, 3.8) is 0 Å². The molecule has 1 saturated carbocycles. The minimum Gasteiger partial charge on any atom is -0.480 e. The lowest BCUT2D eigenvalue weighted by Gasteiger charge is -2.22. The van der Waals surface area contributed by atoms with Gasteiger partial charge in [-0.25, -0.2) is 4.72 Å². The number of carbonyl (C=O) groups is 2. The normalized spacial score (nSPS) is 15.6. The predicted molar refractivity (Wildman–Crippen MR) is 130 cm³/mol. The first-order valence-corrected chi connectivity index (χ1v) is 13.1. The summed E-state index contributed by atoms with van der Waals surface area (Å²) in [5.74, 6) is -1.54. The summed E-state index contributed by atoms with van der Waals surface area (Å²) in [7, 11) is -3.98. The molecule has 0 saturated heterocycles. The summed E-state index contributed by atoms with van der Waals surface area (Å²) < 4.78 is 29.5. The zero-order valence-electron chi connectivity index (χ0n) is 18.3. The number of rotatable bonds is 10. The number of nitrogens with one attached hydrogen (secondary N) is 3. The molecule has 34 heavy (non-hydrogen) atoms. The number of hydrogen-bond acceptors (Lipinski definition) is 5. The Kier molecular flexibility index (Phi) is 9.26. The molecule has 0 bridgehead atoms. The van der Waals surface area contributed by atoms with Crippen molar-refractivity contribution in [2.75, 3.05) is 11.9 Å². The van der Waals surface area contributed by atoms with Crippen LogP contribution in [0.4, 0.5) is 5.69 Å². The molecule has 1 atom stereocenters. The highest BCUT2D eigenvalue weighted by Gasteiger charge is 2.25. The summed E-state index contributed by atoms with van der Waals surface area (Å²) in [5, 5.41) is 12.4. The number of carboxylic acid groups (broad SMARTS) is 1. The third-order valence-corrected chi connectivity index (χ3v) is 7.33. The number of nitrogens with zero attached hydrogens (tertiary/aromatic N) is 1. The van der Waals surface area contributed by atoms with Crippen molar-refractivity contribution in [3.8, 4) is 0 Å². The monoisotopic (exact) mass is 528 g/mol. The van der Waals surface area contributed by atoms with Crippen LogP contribution in [0.25, 0.3) is 0 Å². The largest absolute Gasteiger partial charge is 0.480 e. The first kappa shape index (κ1) is 26.4. The van der Waals surface area contributed by atoms with E-state index in [2.05, 4.69) is 19.7 Å². The number of carboxylic acids is 1. The van der Waals surface area contributed by atoms with Crippen molar-refractivity contribution in [1.29, 1.82) is 0 Å². The molecule has 12 heteroatoms. The molecule has 3 rings (SSSR count). The Hall–Kier alpha value is -2.24. The van der Waals surface area contributed by atoms with Crippen molar-refractivity contribution in [2.24, 2.45) is 5.92 Å². The number of anilines is 1. The number of hydrogen-bond donors (Lipinski definition) is 4. The zero-order chi connectivity index (χ0) is 24.7. The molecule has 184 valence electrons. The highest BCUT2D eigenvalue weighted by Crippen LogP contribution is 2.24. The molecule has 2 aromatic rings. The van der Waals surface area contributed by atoms with Crippen LogP contribution in [0.5, 0.6) is 0 Å². The van der Waals surface area contributed by atoms with E-state index in [4.69, 9.17) is 23.2 Å². The predicted octanol–water partition coefficient (Wildman–Crippen LogP) is 3.64. The van der Waals surface area contributed by atoms with Gasteiger partial charge in [0.2, 0.25) is 0 Å². The van der Waals surface area contributed by atoms with Gasteiger partial charge in [-0.05, 0) is 42.9 Å². The maximum absolute atomic E-state index is 12.5. The first-order valence-electron chi connectivity index (χ1n) is 10.8. The van der Waals surface area contributed by atoms with Gasteiger partial charge in [-0.3, -0.25) is 14.6 Å². The second-order valence-corrected chi connectivity index (χ2v) is 10.5. The summed E-state index contributed by atoms with van der Waals surface area (Å²) in [6.45, 7) is 0.293. The standard InChI is InChI=1S/C22H26Cl2N4O5S/c23-17-12-25-13-18(24)20(17)21(29)27-16-8-6-14(7-9-16)10-19(22(30)31)28-34(32,33)26-11-15-4-2-1-3-5-15/h6-9,12-13,15,19,26,28H,1-5,10-11H2,(H,27,29)(H,30,31)/t19-/m0/s1. The molecule has 1 heterocycles. The van der Waals surface area contributed by atoms with Gasteiger partial charge in [0.05, 0.1) is 15.6 Å². The lowest BCUT2D eigenvalue weighted by molar-refractivity contribution is -0.138. The molecule has 4 N–H and O–H groups in total. The molecule has 0 spiro atoms. The zero-order valence-corrected chi connectivity index (χ0v) is 20.6. The van der Waals surface area contributed by atoms with Crippen LogP contribution in [0.1, 0.15) is 48.0 Å². The highest BCUT2D eigenvalue weighted by atomic mass is 35.5. The minimum absolute atomic E-state index is 0.0735. The molecule has 1 aliphatic carbocycles. The van der Waals surface area contributed by atoms with Gasteiger partial charge in [0, 0.05) is 24.6 Å². The summed E-state index contributed by atoms with van der Waals surface area (Å²) >= 11 is 12.0. The third-order valence-electron chi connectivity index (χ3n) is 5.61. The first-order chi connectivity index (χ1) is 16.1. The van der Waals surface area contributed by atoms with Crippen molar-refractivity contribution < 1.29 is 23.1 Å². The van der Waals surface area contributed by atoms with Crippen LogP contribution in [-0.4, -0.2) is 43.0 Å². The number of aliphatic carboxylic acids is 1. The molecule has 1 amide bonds. The molecule has 0 aliphatic heterocycles. The van der Waals surface area contributed by atoms with Gasteiger partial charge in [-0.2, -0.15) is 13.1 Å². The number of benzene rings is 1. The molecule has 1 aromatic heterocycles. The Labute approximate surface area is 208 Å². The average Bonchev–Trinajstić information content (AvgIpc) is 2.79. The number of pyridine rings is 1. The van der Waals surface area contributed by atoms with Crippen LogP contribution in [0.2, 0.25) is 10.0 Å². The third kappa shape index (κ3) is 7.64. The Balaban J connectivity index is 1.59. The van der Waals surface area contributed by atoms with Crippen LogP contribution in [0, 0.1) is 5.92 Å². The second kappa shape index (κ2) is 11.9. The number of carbonyl (C=O) groups excluding carboxylic acids is 1. The van der Waals surface area contributed by atoms with Crippen LogP contribution < -0.4 is 14.8 Å². The molecule has 1 aliphatic rings. The number of aromatic nitrogens is 1. The van der Waals surface area contributed by atoms with E-state index >= 15 is 0 Å². The van der Waals surface area contributed by atoms with E-state index in [-0.39, 0.29) is 27.9 Å². The average molecular weight is 529 g/mol. The van der Waals surface area contributed by atoms with Crippen LogP contribution >= 0.6 is 23.2 Å². The van der Waals surface area contributed by atoms with Gasteiger partial charge in [0.1, 0.15) is 6.04 Å². The molecule has 0 unspecified atom stereocenters. The SMILES string of the molecule is O=C(Nc1ccc(C[C@H](NS(=O)(=O)NCC2CCCCC2)C(=O)O)cc1)c1c(Cl)cncc1Cl. The van der Waals surface area contributed by atoms with E-state index in [0.29, 0.717) is 17.8 Å². The fraction of sp³-hybridized carbons (Fsp3) is 0.409. The van der Waals surface area contributed by atoms with Gasteiger partial charge in [-0.1, -0.05) is 54.6 Å². The molecule has 1 aromatic carbocycles. The van der Waals surface area contributed by atoms with Crippen LogP contribution in [0.15, 0.2) is 36.7 Å². The molecule has 0 radical (unpaired) electrons. The Morgan fingerprint density at radius 2 is 1.68 bits per heavy atom. The van der Waals surface area contributed by atoms with Gasteiger partial charge >= 0.3 is 5.97 Å². The Morgan fingerprint density at radius 1 is 1.06 bits per heavy atom. The molecular weight excluding hydrogens is 503 g/mol. The maximum atomic E-state index is 12.5. The fourth-order valence-corrected chi connectivity index (χ4v) is 5.44.